The predicted octanol–water partition coefficient (Wildman–Crippen LogP) is 1.48. The monoisotopic (exact) mass is 202 g/mol. The smallest absolute Gasteiger partial charge is 0.252 e. The van der Waals surface area contributed by atoms with Crippen molar-refractivity contribution in [3.8, 4) is 0 Å². The number of carbonyl (C=O) groups excluding carboxylic acids is 1. The summed E-state index contributed by atoms with van der Waals surface area (Å²) in [5.74, 6) is 0. The maximum Gasteiger partial charge on any atom is 0.252 e. The van der Waals surface area contributed by atoms with Crippen LogP contribution >= 0.6 is 11.6 Å². The minimum Gasteiger partial charge on any atom is -0.276 e. The van der Waals surface area contributed by atoms with Crippen LogP contribution in [0.3, 0.4) is 0 Å². The van der Waals surface area contributed by atoms with Crippen molar-refractivity contribution in [2.24, 2.45) is 0 Å². The number of halogens is 1. The van der Waals surface area contributed by atoms with Gasteiger partial charge in [0.05, 0.1) is 0 Å². The van der Waals surface area contributed by atoms with Crippen molar-refractivity contribution in [2.75, 3.05) is 0 Å². The summed E-state index contributed by atoms with van der Waals surface area (Å²) in [6, 6.07) is 11.6. The molecule has 2 aromatic rings. The topological polar surface area (TPSA) is 17.1 Å². The third-order valence-electron chi connectivity index (χ3n) is 2.22. The van der Waals surface area contributed by atoms with Gasteiger partial charge >= 0.3 is 0 Å². The number of hydrogen-bond acceptors (Lipinski definition) is 1. The van der Waals surface area contributed by atoms with Gasteiger partial charge in [-0.1, -0.05) is 29.7 Å². The molecule has 0 N–H and O–H groups in total. The van der Waals surface area contributed by atoms with E-state index in [4.69, 9.17) is 11.6 Å². The first-order valence-corrected chi connectivity index (χ1v) is 4.75. The van der Waals surface area contributed by atoms with Crippen molar-refractivity contribution in [3.05, 3.63) is 42.0 Å². The van der Waals surface area contributed by atoms with Gasteiger partial charge in [0, 0.05) is 5.56 Å². The van der Waals surface area contributed by atoms with Gasteiger partial charge in [-0.05, 0) is 34.5 Å². The predicted molar refractivity (Wildman–Crippen MR) is 62.3 cm³/mol. The van der Waals surface area contributed by atoms with E-state index in [1.165, 1.54) is 5.46 Å². The second kappa shape index (κ2) is 3.47. The number of hydrogen-bond donors (Lipinski definition) is 0. The van der Waals surface area contributed by atoms with Gasteiger partial charge in [0.25, 0.3) is 5.24 Å². The van der Waals surface area contributed by atoms with Crippen LogP contribution in [0, 0.1) is 0 Å². The molecule has 0 aliphatic rings. The summed E-state index contributed by atoms with van der Waals surface area (Å²) < 4.78 is 0. The summed E-state index contributed by atoms with van der Waals surface area (Å²) in [5, 5.41) is 1.77. The van der Waals surface area contributed by atoms with Crippen LogP contribution in [0.15, 0.2) is 36.4 Å². The molecule has 0 saturated carbocycles. The lowest BCUT2D eigenvalue weighted by Gasteiger charge is -2.00. The van der Waals surface area contributed by atoms with E-state index in [9.17, 15) is 4.79 Å². The van der Waals surface area contributed by atoms with Crippen LogP contribution in [0.1, 0.15) is 10.4 Å². The second-order valence-electron chi connectivity index (χ2n) is 3.34. The third-order valence-corrected chi connectivity index (χ3v) is 2.44. The van der Waals surface area contributed by atoms with E-state index in [2.05, 4.69) is 6.07 Å². The summed E-state index contributed by atoms with van der Waals surface area (Å²) in [6.07, 6.45) is 0. The van der Waals surface area contributed by atoms with Crippen LogP contribution < -0.4 is 5.46 Å². The SMILES string of the molecule is Bc1ccc2cc(C(=O)Cl)ccc2c1. The number of benzene rings is 2. The Balaban J connectivity index is 2.67. The molecule has 0 aromatic heterocycles. The van der Waals surface area contributed by atoms with Crippen molar-refractivity contribution in [2.45, 2.75) is 0 Å². The van der Waals surface area contributed by atoms with E-state index in [0.29, 0.717) is 5.56 Å². The fourth-order valence-electron chi connectivity index (χ4n) is 1.49. The summed E-state index contributed by atoms with van der Waals surface area (Å²) in [4.78, 5) is 10.9. The lowest BCUT2D eigenvalue weighted by atomic mass is 9.93. The molecule has 0 aliphatic carbocycles. The van der Waals surface area contributed by atoms with Crippen LogP contribution in [0.4, 0.5) is 0 Å². The normalized spacial score (nSPS) is 10.4. The quantitative estimate of drug-likeness (QED) is 0.506. The van der Waals surface area contributed by atoms with E-state index in [1.807, 2.05) is 32.1 Å². The number of carbonyl (C=O) groups is 1. The molecule has 3 heteroatoms. The zero-order valence-corrected chi connectivity index (χ0v) is 8.51. The Labute approximate surface area is 88.1 Å². The highest BCUT2D eigenvalue weighted by Gasteiger charge is 2.02. The molecule has 0 fully saturated rings. The van der Waals surface area contributed by atoms with Gasteiger partial charge in [-0.2, -0.15) is 0 Å². The number of rotatable bonds is 1. The molecule has 0 unspecified atom stereocenters. The van der Waals surface area contributed by atoms with Crippen LogP contribution in [0.25, 0.3) is 10.8 Å². The molecular formula is C11H8BClO. The first-order valence-electron chi connectivity index (χ1n) is 4.37. The Hall–Kier alpha value is -1.28. The Morgan fingerprint density at radius 2 is 1.71 bits per heavy atom. The minimum atomic E-state index is -0.410. The van der Waals surface area contributed by atoms with Crippen molar-refractivity contribution < 1.29 is 4.79 Å². The maximum absolute atomic E-state index is 10.9. The molecule has 1 nitrogen and oxygen atoms in total. The van der Waals surface area contributed by atoms with Gasteiger partial charge in [-0.3, -0.25) is 4.79 Å². The lowest BCUT2D eigenvalue weighted by Crippen LogP contribution is -2.00. The van der Waals surface area contributed by atoms with Gasteiger partial charge in [-0.15, -0.1) is 0 Å². The van der Waals surface area contributed by atoms with E-state index in [0.717, 1.165) is 10.8 Å². The van der Waals surface area contributed by atoms with Crippen LogP contribution in [0.2, 0.25) is 0 Å². The Morgan fingerprint density at radius 1 is 1.07 bits per heavy atom. The second-order valence-corrected chi connectivity index (χ2v) is 3.68. The number of fused-ring (bicyclic) bond motifs is 1. The van der Waals surface area contributed by atoms with Gasteiger partial charge in [-0.25, -0.2) is 0 Å². The molecule has 0 atom stereocenters. The molecule has 2 aromatic carbocycles. The van der Waals surface area contributed by atoms with Crippen LogP contribution in [0.5, 0.6) is 0 Å². The van der Waals surface area contributed by atoms with Crippen molar-refractivity contribution in [3.63, 3.8) is 0 Å². The fraction of sp³-hybridized carbons (Fsp3) is 0. The highest BCUT2D eigenvalue weighted by atomic mass is 35.5. The van der Waals surface area contributed by atoms with Crippen molar-refractivity contribution in [1.82, 2.24) is 0 Å². The van der Waals surface area contributed by atoms with Gasteiger partial charge in [0.2, 0.25) is 0 Å². The van der Waals surface area contributed by atoms with Gasteiger partial charge < -0.3 is 0 Å². The van der Waals surface area contributed by atoms with Gasteiger partial charge in [0.15, 0.2) is 0 Å². The maximum atomic E-state index is 10.9. The molecule has 0 aliphatic heterocycles. The molecule has 0 spiro atoms. The molecule has 2 rings (SSSR count). The molecule has 14 heavy (non-hydrogen) atoms. The van der Waals surface area contributed by atoms with Gasteiger partial charge in [0.1, 0.15) is 7.85 Å². The summed E-state index contributed by atoms with van der Waals surface area (Å²) in [6.45, 7) is 0. The first-order chi connectivity index (χ1) is 6.66. The van der Waals surface area contributed by atoms with Crippen LogP contribution in [-0.2, 0) is 0 Å². The third kappa shape index (κ3) is 1.66. The molecule has 0 bridgehead atoms. The minimum absolute atomic E-state index is 0.410. The Kier molecular flexibility index (Phi) is 2.30. The molecule has 0 radical (unpaired) electrons. The molecule has 0 saturated heterocycles. The summed E-state index contributed by atoms with van der Waals surface area (Å²) >= 11 is 5.40. The van der Waals surface area contributed by atoms with Crippen molar-refractivity contribution in [1.29, 1.82) is 0 Å². The zero-order chi connectivity index (χ0) is 10.1. The highest BCUT2D eigenvalue weighted by Crippen LogP contribution is 2.15. The van der Waals surface area contributed by atoms with E-state index in [1.54, 1.807) is 6.07 Å². The van der Waals surface area contributed by atoms with E-state index < -0.39 is 5.24 Å². The average Bonchev–Trinajstić information content (AvgIpc) is 2.16. The standard InChI is InChI=1S/C11H8BClO/c12-10-4-3-7-5-9(11(13)14)2-1-8(7)6-10/h1-6H,12H2. The molecular weight excluding hydrogens is 194 g/mol. The Morgan fingerprint density at radius 3 is 2.43 bits per heavy atom. The van der Waals surface area contributed by atoms with Crippen molar-refractivity contribution >= 4 is 40.9 Å². The lowest BCUT2D eigenvalue weighted by molar-refractivity contribution is 0.108. The fourth-order valence-corrected chi connectivity index (χ4v) is 1.60. The Bertz CT molecular complexity index is 508. The van der Waals surface area contributed by atoms with Crippen LogP contribution in [-0.4, -0.2) is 13.1 Å². The first kappa shape index (κ1) is 9.29. The summed E-state index contributed by atoms with van der Waals surface area (Å²) in [7, 11) is 2.04. The van der Waals surface area contributed by atoms with E-state index >= 15 is 0 Å². The molecule has 0 amide bonds. The molecule has 68 valence electrons. The zero-order valence-electron chi connectivity index (χ0n) is 7.75. The largest absolute Gasteiger partial charge is 0.276 e. The highest BCUT2D eigenvalue weighted by molar-refractivity contribution is 6.67. The molecule has 0 heterocycles. The van der Waals surface area contributed by atoms with E-state index in [-0.39, 0.29) is 0 Å². The average molecular weight is 202 g/mol. The summed E-state index contributed by atoms with van der Waals surface area (Å²) in [5.41, 5.74) is 1.76.